The third kappa shape index (κ3) is 2.89. The van der Waals surface area contributed by atoms with Crippen molar-refractivity contribution in [2.75, 3.05) is 0 Å². The Kier molecular flexibility index (Phi) is 3.62. The van der Waals surface area contributed by atoms with Gasteiger partial charge in [0.2, 0.25) is 0 Å². The summed E-state index contributed by atoms with van der Waals surface area (Å²) < 4.78 is 0.817. The minimum atomic E-state index is 0.695. The molecule has 0 amide bonds. The topological polar surface area (TPSA) is 12.0 Å². The highest BCUT2D eigenvalue weighted by molar-refractivity contribution is 7.19. The van der Waals surface area contributed by atoms with Crippen LogP contribution in [0.5, 0.6) is 0 Å². The molecule has 0 unspecified atom stereocenters. The van der Waals surface area contributed by atoms with Crippen molar-refractivity contribution in [1.82, 2.24) is 5.32 Å². The van der Waals surface area contributed by atoms with Crippen LogP contribution in [0.15, 0.2) is 30.3 Å². The standard InChI is InChI=1S/C14H13Cl2NS/c15-12-4-1-9(13-5-6-14(16)18-13)7-10(12)8-17-11-2-3-11/h1,4-7,11,17H,2-3,8H2. The molecule has 1 aromatic heterocycles. The Labute approximate surface area is 121 Å². The molecule has 18 heavy (non-hydrogen) atoms. The summed E-state index contributed by atoms with van der Waals surface area (Å²) in [5.41, 5.74) is 2.34. The maximum atomic E-state index is 6.23. The number of halogens is 2. The van der Waals surface area contributed by atoms with Crippen molar-refractivity contribution in [3.05, 3.63) is 45.3 Å². The Bertz CT molecular complexity index is 561. The molecule has 1 N–H and O–H groups in total. The lowest BCUT2D eigenvalue weighted by molar-refractivity contribution is 0.688. The fourth-order valence-corrected chi connectivity index (χ4v) is 3.10. The van der Waals surface area contributed by atoms with Gasteiger partial charge in [-0.25, -0.2) is 0 Å². The van der Waals surface area contributed by atoms with Crippen LogP contribution in [0.4, 0.5) is 0 Å². The van der Waals surface area contributed by atoms with Crippen LogP contribution in [0.2, 0.25) is 9.36 Å². The minimum Gasteiger partial charge on any atom is -0.310 e. The molecule has 2 aromatic rings. The molecule has 0 radical (unpaired) electrons. The predicted octanol–water partition coefficient (Wildman–Crippen LogP) is 4.97. The Morgan fingerprint density at radius 2 is 2.00 bits per heavy atom. The lowest BCUT2D eigenvalue weighted by Gasteiger charge is -2.07. The molecule has 1 saturated carbocycles. The van der Waals surface area contributed by atoms with Gasteiger partial charge in [-0.3, -0.25) is 0 Å². The van der Waals surface area contributed by atoms with E-state index in [0.29, 0.717) is 6.04 Å². The van der Waals surface area contributed by atoms with Crippen molar-refractivity contribution in [3.63, 3.8) is 0 Å². The SMILES string of the molecule is Clc1ccc(-c2ccc(Cl)c(CNC3CC3)c2)s1. The monoisotopic (exact) mass is 297 g/mol. The highest BCUT2D eigenvalue weighted by Gasteiger charge is 2.20. The minimum absolute atomic E-state index is 0.695. The number of hydrogen-bond acceptors (Lipinski definition) is 2. The largest absolute Gasteiger partial charge is 0.310 e. The highest BCUT2D eigenvalue weighted by Crippen LogP contribution is 2.33. The van der Waals surface area contributed by atoms with E-state index in [0.717, 1.165) is 21.5 Å². The molecule has 0 spiro atoms. The van der Waals surface area contributed by atoms with E-state index in [2.05, 4.69) is 11.4 Å². The first-order valence-electron chi connectivity index (χ1n) is 6.00. The van der Waals surface area contributed by atoms with Gasteiger partial charge < -0.3 is 5.32 Å². The van der Waals surface area contributed by atoms with Gasteiger partial charge in [0.1, 0.15) is 0 Å². The number of rotatable bonds is 4. The Morgan fingerprint density at radius 3 is 2.67 bits per heavy atom. The van der Waals surface area contributed by atoms with Gasteiger partial charge >= 0.3 is 0 Å². The zero-order chi connectivity index (χ0) is 12.5. The van der Waals surface area contributed by atoms with Crippen molar-refractivity contribution < 1.29 is 0 Å². The van der Waals surface area contributed by atoms with E-state index in [4.69, 9.17) is 23.2 Å². The number of benzene rings is 1. The summed E-state index contributed by atoms with van der Waals surface area (Å²) in [5, 5.41) is 4.32. The van der Waals surface area contributed by atoms with Gasteiger partial charge in [0.25, 0.3) is 0 Å². The van der Waals surface area contributed by atoms with Gasteiger partial charge in [-0.15, -0.1) is 11.3 Å². The summed E-state index contributed by atoms with van der Waals surface area (Å²) in [6.45, 7) is 0.844. The molecule has 1 aliphatic carbocycles. The molecule has 3 rings (SSSR count). The van der Waals surface area contributed by atoms with Crippen molar-refractivity contribution in [3.8, 4) is 10.4 Å². The first-order chi connectivity index (χ1) is 8.72. The van der Waals surface area contributed by atoms with E-state index in [-0.39, 0.29) is 0 Å². The number of hydrogen-bond donors (Lipinski definition) is 1. The summed E-state index contributed by atoms with van der Waals surface area (Å²) in [7, 11) is 0. The first-order valence-corrected chi connectivity index (χ1v) is 7.57. The fourth-order valence-electron chi connectivity index (χ4n) is 1.87. The molecule has 1 nitrogen and oxygen atoms in total. The highest BCUT2D eigenvalue weighted by atomic mass is 35.5. The van der Waals surface area contributed by atoms with Crippen LogP contribution in [0, 0.1) is 0 Å². The van der Waals surface area contributed by atoms with Gasteiger partial charge in [-0.05, 0) is 48.2 Å². The Hall–Kier alpha value is -0.540. The third-order valence-corrected chi connectivity index (χ3v) is 4.71. The van der Waals surface area contributed by atoms with E-state index in [1.807, 2.05) is 24.3 Å². The lowest BCUT2D eigenvalue weighted by atomic mass is 10.1. The van der Waals surface area contributed by atoms with Crippen LogP contribution >= 0.6 is 34.5 Å². The van der Waals surface area contributed by atoms with Crippen LogP contribution in [-0.2, 0) is 6.54 Å². The Balaban J connectivity index is 1.84. The molecule has 0 bridgehead atoms. The summed E-state index contributed by atoms with van der Waals surface area (Å²) >= 11 is 13.8. The zero-order valence-corrected chi connectivity index (χ0v) is 12.1. The van der Waals surface area contributed by atoms with Gasteiger partial charge in [0, 0.05) is 22.5 Å². The lowest BCUT2D eigenvalue weighted by Crippen LogP contribution is -2.15. The summed E-state index contributed by atoms with van der Waals surface area (Å²) in [6.07, 6.45) is 2.58. The molecular formula is C14H13Cl2NS. The van der Waals surface area contributed by atoms with Crippen LogP contribution in [0.1, 0.15) is 18.4 Å². The second-order valence-electron chi connectivity index (χ2n) is 4.57. The maximum absolute atomic E-state index is 6.23. The van der Waals surface area contributed by atoms with Gasteiger partial charge in [0.15, 0.2) is 0 Å². The summed E-state index contributed by atoms with van der Waals surface area (Å²) in [6, 6.07) is 10.8. The van der Waals surface area contributed by atoms with Gasteiger partial charge in [-0.2, -0.15) is 0 Å². The number of thiophene rings is 1. The molecule has 4 heteroatoms. The van der Waals surface area contributed by atoms with Crippen LogP contribution < -0.4 is 5.32 Å². The quantitative estimate of drug-likeness (QED) is 0.840. The van der Waals surface area contributed by atoms with Gasteiger partial charge in [0.05, 0.1) is 4.34 Å². The van der Waals surface area contributed by atoms with E-state index in [1.165, 1.54) is 23.3 Å². The zero-order valence-electron chi connectivity index (χ0n) is 9.75. The van der Waals surface area contributed by atoms with E-state index in [9.17, 15) is 0 Å². The van der Waals surface area contributed by atoms with Crippen molar-refractivity contribution >= 4 is 34.5 Å². The van der Waals surface area contributed by atoms with Crippen LogP contribution in [0.25, 0.3) is 10.4 Å². The van der Waals surface area contributed by atoms with Gasteiger partial charge in [-0.1, -0.05) is 29.3 Å². The van der Waals surface area contributed by atoms with Crippen molar-refractivity contribution in [2.24, 2.45) is 0 Å². The molecule has 94 valence electrons. The maximum Gasteiger partial charge on any atom is 0.0934 e. The Morgan fingerprint density at radius 1 is 1.17 bits per heavy atom. The van der Waals surface area contributed by atoms with E-state index >= 15 is 0 Å². The molecule has 1 aliphatic rings. The smallest absolute Gasteiger partial charge is 0.0934 e. The van der Waals surface area contributed by atoms with Crippen molar-refractivity contribution in [1.29, 1.82) is 0 Å². The van der Waals surface area contributed by atoms with Crippen LogP contribution in [0.3, 0.4) is 0 Å². The molecule has 0 saturated heterocycles. The molecule has 1 heterocycles. The third-order valence-electron chi connectivity index (χ3n) is 3.06. The second-order valence-corrected chi connectivity index (χ2v) is 6.69. The summed E-state index contributed by atoms with van der Waals surface area (Å²) in [4.78, 5) is 1.18. The van der Waals surface area contributed by atoms with Crippen molar-refractivity contribution in [2.45, 2.75) is 25.4 Å². The molecule has 0 aliphatic heterocycles. The molecular weight excluding hydrogens is 285 g/mol. The van der Waals surface area contributed by atoms with E-state index in [1.54, 1.807) is 11.3 Å². The predicted molar refractivity (Wildman–Crippen MR) is 79.6 cm³/mol. The molecule has 1 aromatic carbocycles. The molecule has 1 fully saturated rings. The summed E-state index contributed by atoms with van der Waals surface area (Å²) in [5.74, 6) is 0. The first kappa shape index (κ1) is 12.5. The van der Waals surface area contributed by atoms with E-state index < -0.39 is 0 Å². The number of nitrogens with one attached hydrogen (secondary N) is 1. The average molecular weight is 298 g/mol. The average Bonchev–Trinajstić information content (AvgIpc) is 3.09. The van der Waals surface area contributed by atoms with Crippen LogP contribution in [-0.4, -0.2) is 6.04 Å². The fraction of sp³-hybridized carbons (Fsp3) is 0.286. The molecule has 0 atom stereocenters. The normalized spacial score (nSPS) is 15.0. The second kappa shape index (κ2) is 5.22.